The fourth-order valence-corrected chi connectivity index (χ4v) is 2.67. The van der Waals surface area contributed by atoms with Gasteiger partial charge in [-0.25, -0.2) is 0 Å². The van der Waals surface area contributed by atoms with Crippen LogP contribution >= 0.6 is 11.3 Å². The molecule has 0 saturated heterocycles. The number of hydrogen-bond acceptors (Lipinski definition) is 4. The van der Waals surface area contributed by atoms with Crippen molar-refractivity contribution in [2.45, 2.75) is 13.8 Å². The SMILES string of the molecule is CCN(CC(=O)O)C(=O)c1ccc(-c2ccsc2)nc1C. The van der Waals surface area contributed by atoms with E-state index in [-0.39, 0.29) is 12.5 Å². The molecule has 0 aliphatic heterocycles. The molecule has 0 atom stereocenters. The molecule has 1 N–H and O–H groups in total. The average molecular weight is 304 g/mol. The molecule has 1 amide bonds. The van der Waals surface area contributed by atoms with E-state index in [9.17, 15) is 9.59 Å². The zero-order chi connectivity index (χ0) is 15.4. The number of pyridine rings is 1. The summed E-state index contributed by atoms with van der Waals surface area (Å²) in [6.07, 6.45) is 0. The van der Waals surface area contributed by atoms with Gasteiger partial charge in [0.1, 0.15) is 6.54 Å². The number of hydrogen-bond donors (Lipinski definition) is 1. The van der Waals surface area contributed by atoms with E-state index in [0.29, 0.717) is 17.8 Å². The van der Waals surface area contributed by atoms with Crippen molar-refractivity contribution in [3.63, 3.8) is 0 Å². The molecule has 0 unspecified atom stereocenters. The number of amides is 1. The number of carboxylic acid groups (broad SMARTS) is 1. The molecule has 0 fully saturated rings. The Kier molecular flexibility index (Phi) is 4.70. The molecule has 2 heterocycles. The van der Waals surface area contributed by atoms with Crippen LogP contribution in [-0.2, 0) is 4.79 Å². The summed E-state index contributed by atoms with van der Waals surface area (Å²) >= 11 is 1.59. The van der Waals surface area contributed by atoms with Crippen molar-refractivity contribution in [2.75, 3.05) is 13.1 Å². The van der Waals surface area contributed by atoms with Gasteiger partial charge in [-0.15, -0.1) is 0 Å². The van der Waals surface area contributed by atoms with E-state index in [1.807, 2.05) is 16.8 Å². The summed E-state index contributed by atoms with van der Waals surface area (Å²) in [5, 5.41) is 12.8. The Bertz CT molecular complexity index is 653. The number of thiophene rings is 1. The van der Waals surface area contributed by atoms with Gasteiger partial charge < -0.3 is 10.0 Å². The zero-order valence-electron chi connectivity index (χ0n) is 11.9. The number of aliphatic carboxylic acids is 1. The van der Waals surface area contributed by atoms with Crippen molar-refractivity contribution in [3.8, 4) is 11.3 Å². The van der Waals surface area contributed by atoms with E-state index >= 15 is 0 Å². The number of carboxylic acids is 1. The molecule has 21 heavy (non-hydrogen) atoms. The van der Waals surface area contributed by atoms with Crippen LogP contribution in [0.3, 0.4) is 0 Å². The predicted molar refractivity (Wildman–Crippen MR) is 81.5 cm³/mol. The van der Waals surface area contributed by atoms with Crippen LogP contribution in [0.15, 0.2) is 29.0 Å². The van der Waals surface area contributed by atoms with Crippen LogP contribution in [0.4, 0.5) is 0 Å². The third kappa shape index (κ3) is 3.46. The molecule has 6 heteroatoms. The normalized spacial score (nSPS) is 10.4. The monoisotopic (exact) mass is 304 g/mol. The lowest BCUT2D eigenvalue weighted by Gasteiger charge is -2.19. The number of carbonyl (C=O) groups is 2. The summed E-state index contributed by atoms with van der Waals surface area (Å²) in [7, 11) is 0. The van der Waals surface area contributed by atoms with Crippen molar-refractivity contribution in [1.82, 2.24) is 9.88 Å². The lowest BCUT2D eigenvalue weighted by Crippen LogP contribution is -2.35. The second-order valence-electron chi connectivity index (χ2n) is 4.55. The van der Waals surface area contributed by atoms with Crippen LogP contribution in [0.25, 0.3) is 11.3 Å². The van der Waals surface area contributed by atoms with Gasteiger partial charge in [0.2, 0.25) is 0 Å². The summed E-state index contributed by atoms with van der Waals surface area (Å²) in [6, 6.07) is 5.47. The first kappa shape index (κ1) is 15.2. The standard InChI is InChI=1S/C15H16N2O3S/c1-3-17(8-14(18)19)15(20)12-4-5-13(16-10(12)2)11-6-7-21-9-11/h4-7,9H,3,8H2,1-2H3,(H,18,19). The molecule has 0 radical (unpaired) electrons. The van der Waals surface area contributed by atoms with Gasteiger partial charge in [0.05, 0.1) is 17.0 Å². The van der Waals surface area contributed by atoms with Gasteiger partial charge in [0.25, 0.3) is 5.91 Å². The predicted octanol–water partition coefficient (Wildman–Crippen LogP) is 2.67. The average Bonchev–Trinajstić information content (AvgIpc) is 2.98. The fraction of sp³-hybridized carbons (Fsp3) is 0.267. The van der Waals surface area contributed by atoms with Gasteiger partial charge in [0, 0.05) is 17.5 Å². The van der Waals surface area contributed by atoms with Gasteiger partial charge in [0.15, 0.2) is 0 Å². The third-order valence-electron chi connectivity index (χ3n) is 3.13. The minimum atomic E-state index is -1.02. The van der Waals surface area contributed by atoms with Gasteiger partial charge in [-0.1, -0.05) is 0 Å². The van der Waals surface area contributed by atoms with Crippen LogP contribution in [0.1, 0.15) is 23.0 Å². The Morgan fingerprint density at radius 2 is 2.10 bits per heavy atom. The van der Waals surface area contributed by atoms with Crippen LogP contribution < -0.4 is 0 Å². The Morgan fingerprint density at radius 1 is 1.33 bits per heavy atom. The molecule has 0 aliphatic rings. The number of likely N-dealkylation sites (N-methyl/N-ethyl adjacent to an activating group) is 1. The fourth-order valence-electron chi connectivity index (χ4n) is 2.02. The smallest absolute Gasteiger partial charge is 0.323 e. The van der Waals surface area contributed by atoms with Crippen LogP contribution in [0, 0.1) is 6.92 Å². The quantitative estimate of drug-likeness (QED) is 0.922. The second-order valence-corrected chi connectivity index (χ2v) is 5.33. The minimum Gasteiger partial charge on any atom is -0.480 e. The number of nitrogens with zero attached hydrogens (tertiary/aromatic N) is 2. The molecular formula is C15H16N2O3S. The van der Waals surface area contributed by atoms with Gasteiger partial charge in [-0.2, -0.15) is 11.3 Å². The highest BCUT2D eigenvalue weighted by molar-refractivity contribution is 7.08. The topological polar surface area (TPSA) is 70.5 Å². The lowest BCUT2D eigenvalue weighted by molar-refractivity contribution is -0.137. The minimum absolute atomic E-state index is 0.304. The summed E-state index contributed by atoms with van der Waals surface area (Å²) < 4.78 is 0. The number of carbonyl (C=O) groups excluding carboxylic acids is 1. The van der Waals surface area contributed by atoms with E-state index in [0.717, 1.165) is 11.3 Å². The first-order valence-electron chi connectivity index (χ1n) is 6.54. The van der Waals surface area contributed by atoms with Crippen LogP contribution in [0.5, 0.6) is 0 Å². The third-order valence-corrected chi connectivity index (χ3v) is 3.81. The highest BCUT2D eigenvalue weighted by atomic mass is 32.1. The lowest BCUT2D eigenvalue weighted by atomic mass is 10.1. The molecule has 0 bridgehead atoms. The zero-order valence-corrected chi connectivity index (χ0v) is 12.7. The van der Waals surface area contributed by atoms with E-state index in [2.05, 4.69) is 4.98 Å². The van der Waals surface area contributed by atoms with E-state index < -0.39 is 5.97 Å². The van der Waals surface area contributed by atoms with E-state index in [1.165, 1.54) is 4.90 Å². The van der Waals surface area contributed by atoms with Crippen molar-refractivity contribution in [2.24, 2.45) is 0 Å². The van der Waals surface area contributed by atoms with Crippen molar-refractivity contribution in [1.29, 1.82) is 0 Å². The maximum atomic E-state index is 12.4. The van der Waals surface area contributed by atoms with Crippen LogP contribution in [0.2, 0.25) is 0 Å². The maximum absolute atomic E-state index is 12.4. The Morgan fingerprint density at radius 3 is 2.62 bits per heavy atom. The maximum Gasteiger partial charge on any atom is 0.323 e. The van der Waals surface area contributed by atoms with Crippen LogP contribution in [-0.4, -0.2) is 40.0 Å². The first-order chi connectivity index (χ1) is 10.0. The molecule has 0 saturated carbocycles. The molecule has 0 spiro atoms. The Hall–Kier alpha value is -2.21. The first-order valence-corrected chi connectivity index (χ1v) is 7.48. The number of rotatable bonds is 5. The van der Waals surface area contributed by atoms with Crippen molar-refractivity contribution < 1.29 is 14.7 Å². The second kappa shape index (κ2) is 6.49. The summed E-state index contributed by atoms with van der Waals surface area (Å²) in [5.74, 6) is -1.33. The van der Waals surface area contributed by atoms with Gasteiger partial charge in [-0.05, 0) is 37.4 Å². The molecule has 0 aromatic carbocycles. The molecule has 0 aliphatic carbocycles. The Labute approximate surface area is 126 Å². The van der Waals surface area contributed by atoms with Gasteiger partial charge >= 0.3 is 5.97 Å². The number of aryl methyl sites for hydroxylation is 1. The largest absolute Gasteiger partial charge is 0.480 e. The van der Waals surface area contributed by atoms with E-state index in [4.69, 9.17) is 5.11 Å². The number of aromatic nitrogens is 1. The molecule has 5 nitrogen and oxygen atoms in total. The molecule has 2 aromatic rings. The van der Waals surface area contributed by atoms with Crippen molar-refractivity contribution >= 4 is 23.2 Å². The summed E-state index contributed by atoms with van der Waals surface area (Å²) in [6.45, 7) is 3.55. The van der Waals surface area contributed by atoms with Gasteiger partial charge in [-0.3, -0.25) is 14.6 Å². The molecule has 110 valence electrons. The highest BCUT2D eigenvalue weighted by Crippen LogP contribution is 2.22. The van der Waals surface area contributed by atoms with Crippen molar-refractivity contribution in [3.05, 3.63) is 40.2 Å². The van der Waals surface area contributed by atoms with E-state index in [1.54, 1.807) is 37.3 Å². The summed E-state index contributed by atoms with van der Waals surface area (Å²) in [5.41, 5.74) is 2.87. The molecule has 2 aromatic heterocycles. The molecular weight excluding hydrogens is 288 g/mol. The summed E-state index contributed by atoms with van der Waals surface area (Å²) in [4.78, 5) is 28.9. The highest BCUT2D eigenvalue weighted by Gasteiger charge is 2.19. The molecule has 2 rings (SSSR count). The Balaban J connectivity index is 2.28.